The van der Waals surface area contributed by atoms with Gasteiger partial charge < -0.3 is 14.2 Å². The van der Waals surface area contributed by atoms with Crippen molar-refractivity contribution < 1.29 is 14.2 Å². The summed E-state index contributed by atoms with van der Waals surface area (Å²) in [6.45, 7) is 6.87. The Hall–Kier alpha value is -1.48. The third-order valence-electron chi connectivity index (χ3n) is 2.30. The van der Waals surface area contributed by atoms with E-state index < -0.39 is 0 Å². The first kappa shape index (κ1) is 14.6. The van der Waals surface area contributed by atoms with Crippen molar-refractivity contribution in [2.45, 2.75) is 20.3 Å². The number of benzene rings is 1. The van der Waals surface area contributed by atoms with Crippen molar-refractivity contribution in [3.63, 3.8) is 0 Å². The Labute approximate surface area is 109 Å². The van der Waals surface area contributed by atoms with Gasteiger partial charge in [-0.15, -0.1) is 0 Å². The summed E-state index contributed by atoms with van der Waals surface area (Å²) in [6, 6.07) is 7.92. The van der Waals surface area contributed by atoms with Gasteiger partial charge in [0.05, 0.1) is 19.5 Å². The Morgan fingerprint density at radius 3 is 2.44 bits per heavy atom. The zero-order valence-electron chi connectivity index (χ0n) is 11.2. The maximum absolute atomic E-state index is 5.37. The third-order valence-corrected chi connectivity index (χ3v) is 2.30. The summed E-state index contributed by atoms with van der Waals surface area (Å²) in [7, 11) is 0. The Morgan fingerprint density at radius 1 is 1.00 bits per heavy atom. The molecule has 0 saturated carbocycles. The molecule has 0 fully saturated rings. The number of hydrogen-bond donors (Lipinski definition) is 0. The van der Waals surface area contributed by atoms with E-state index in [0.717, 1.165) is 30.9 Å². The highest BCUT2D eigenvalue weighted by Gasteiger charge is 1.91. The second-order valence-corrected chi connectivity index (χ2v) is 3.73. The zero-order chi connectivity index (χ0) is 13.1. The fourth-order valence-corrected chi connectivity index (χ4v) is 1.43. The molecule has 0 atom stereocenters. The molecule has 0 N–H and O–H groups in total. The molecule has 0 heterocycles. The van der Waals surface area contributed by atoms with Crippen LogP contribution in [0.3, 0.4) is 0 Å². The first-order chi connectivity index (χ1) is 8.86. The Bertz CT molecular complexity index is 330. The van der Waals surface area contributed by atoms with Crippen LogP contribution in [0.2, 0.25) is 0 Å². The third kappa shape index (κ3) is 6.30. The molecule has 1 rings (SSSR count). The standard InChI is InChI=1S/C15H22O3/c1-3-16-11-5-12-17-13-10-14-6-8-15(9-7-14)18-4-2/h6-10,13H,3-5,11-12H2,1-2H3. The molecule has 1 aromatic rings. The topological polar surface area (TPSA) is 27.7 Å². The van der Waals surface area contributed by atoms with E-state index >= 15 is 0 Å². The van der Waals surface area contributed by atoms with Crippen molar-refractivity contribution in [3.8, 4) is 5.75 Å². The first-order valence-electron chi connectivity index (χ1n) is 6.45. The van der Waals surface area contributed by atoms with Gasteiger partial charge in [0, 0.05) is 19.6 Å². The quantitative estimate of drug-likeness (QED) is 0.496. The van der Waals surface area contributed by atoms with Gasteiger partial charge in [0.25, 0.3) is 0 Å². The average molecular weight is 250 g/mol. The van der Waals surface area contributed by atoms with E-state index in [4.69, 9.17) is 14.2 Å². The van der Waals surface area contributed by atoms with Crippen molar-refractivity contribution in [2.24, 2.45) is 0 Å². The molecule has 0 aromatic heterocycles. The molecule has 100 valence electrons. The predicted octanol–water partition coefficient (Wildman–Crippen LogP) is 3.50. The summed E-state index contributed by atoms with van der Waals surface area (Å²) in [5, 5.41) is 0. The van der Waals surface area contributed by atoms with Crippen LogP contribution in [-0.2, 0) is 9.47 Å². The smallest absolute Gasteiger partial charge is 0.119 e. The summed E-state index contributed by atoms with van der Waals surface area (Å²) in [5.41, 5.74) is 1.10. The molecule has 0 amide bonds. The van der Waals surface area contributed by atoms with E-state index in [0.29, 0.717) is 13.2 Å². The Kier molecular flexibility index (Phi) is 7.73. The molecule has 0 bridgehead atoms. The van der Waals surface area contributed by atoms with Crippen LogP contribution >= 0.6 is 0 Å². The summed E-state index contributed by atoms with van der Waals surface area (Å²) >= 11 is 0. The minimum absolute atomic E-state index is 0.688. The van der Waals surface area contributed by atoms with E-state index in [1.54, 1.807) is 6.26 Å². The molecular weight excluding hydrogens is 228 g/mol. The van der Waals surface area contributed by atoms with E-state index in [1.807, 2.05) is 44.2 Å². The second kappa shape index (κ2) is 9.54. The van der Waals surface area contributed by atoms with Gasteiger partial charge in [-0.1, -0.05) is 12.1 Å². The second-order valence-electron chi connectivity index (χ2n) is 3.73. The maximum Gasteiger partial charge on any atom is 0.119 e. The van der Waals surface area contributed by atoms with E-state index in [1.165, 1.54) is 0 Å². The average Bonchev–Trinajstić information content (AvgIpc) is 2.40. The van der Waals surface area contributed by atoms with Crippen LogP contribution < -0.4 is 4.74 Å². The lowest BCUT2D eigenvalue weighted by atomic mass is 10.2. The van der Waals surface area contributed by atoms with Gasteiger partial charge in [-0.3, -0.25) is 0 Å². The molecule has 0 saturated heterocycles. The van der Waals surface area contributed by atoms with Gasteiger partial charge in [0.15, 0.2) is 0 Å². The summed E-state index contributed by atoms with van der Waals surface area (Å²) in [5.74, 6) is 0.896. The van der Waals surface area contributed by atoms with Crippen LogP contribution in [0, 0.1) is 0 Å². The Morgan fingerprint density at radius 2 is 1.78 bits per heavy atom. The highest BCUT2D eigenvalue weighted by Crippen LogP contribution is 2.12. The number of hydrogen-bond acceptors (Lipinski definition) is 3. The molecule has 0 aliphatic heterocycles. The fourth-order valence-electron chi connectivity index (χ4n) is 1.43. The lowest BCUT2D eigenvalue weighted by Gasteiger charge is -2.03. The van der Waals surface area contributed by atoms with Crippen LogP contribution in [0.5, 0.6) is 5.75 Å². The van der Waals surface area contributed by atoms with Crippen molar-refractivity contribution in [3.05, 3.63) is 36.1 Å². The largest absolute Gasteiger partial charge is 0.501 e. The maximum atomic E-state index is 5.37. The zero-order valence-corrected chi connectivity index (χ0v) is 11.2. The highest BCUT2D eigenvalue weighted by molar-refractivity contribution is 5.49. The number of rotatable bonds is 9. The molecule has 0 unspecified atom stereocenters. The van der Waals surface area contributed by atoms with Crippen LogP contribution in [0.15, 0.2) is 30.5 Å². The molecule has 0 aliphatic rings. The van der Waals surface area contributed by atoms with Gasteiger partial charge in [-0.25, -0.2) is 0 Å². The van der Waals surface area contributed by atoms with Gasteiger partial charge in [-0.05, 0) is 37.6 Å². The molecule has 0 radical (unpaired) electrons. The first-order valence-corrected chi connectivity index (χ1v) is 6.45. The summed E-state index contributed by atoms with van der Waals surface area (Å²) in [6.07, 6.45) is 4.58. The van der Waals surface area contributed by atoms with Gasteiger partial charge in [-0.2, -0.15) is 0 Å². The van der Waals surface area contributed by atoms with Crippen molar-refractivity contribution in [1.29, 1.82) is 0 Å². The fraction of sp³-hybridized carbons (Fsp3) is 0.467. The van der Waals surface area contributed by atoms with Crippen LogP contribution in [0.4, 0.5) is 0 Å². The monoisotopic (exact) mass is 250 g/mol. The molecular formula is C15H22O3. The van der Waals surface area contributed by atoms with E-state index in [2.05, 4.69) is 0 Å². The molecule has 0 aliphatic carbocycles. The molecule has 18 heavy (non-hydrogen) atoms. The van der Waals surface area contributed by atoms with Crippen LogP contribution in [0.25, 0.3) is 6.08 Å². The van der Waals surface area contributed by atoms with Crippen molar-refractivity contribution >= 4 is 6.08 Å². The van der Waals surface area contributed by atoms with E-state index in [9.17, 15) is 0 Å². The lowest BCUT2D eigenvalue weighted by Crippen LogP contribution is -1.97. The van der Waals surface area contributed by atoms with Crippen LogP contribution in [0.1, 0.15) is 25.8 Å². The van der Waals surface area contributed by atoms with Gasteiger partial charge in [0.2, 0.25) is 0 Å². The predicted molar refractivity (Wildman–Crippen MR) is 73.7 cm³/mol. The van der Waals surface area contributed by atoms with Gasteiger partial charge in [0.1, 0.15) is 5.75 Å². The molecule has 0 spiro atoms. The van der Waals surface area contributed by atoms with Crippen LogP contribution in [-0.4, -0.2) is 26.4 Å². The Balaban J connectivity index is 2.20. The minimum Gasteiger partial charge on any atom is -0.501 e. The molecule has 3 heteroatoms. The molecule has 3 nitrogen and oxygen atoms in total. The van der Waals surface area contributed by atoms with Gasteiger partial charge >= 0.3 is 0 Å². The summed E-state index contributed by atoms with van der Waals surface area (Å²) < 4.78 is 16.0. The number of ether oxygens (including phenoxy) is 3. The van der Waals surface area contributed by atoms with E-state index in [-0.39, 0.29) is 0 Å². The lowest BCUT2D eigenvalue weighted by molar-refractivity contribution is 0.122. The molecule has 1 aromatic carbocycles. The normalized spacial score (nSPS) is 10.8. The van der Waals surface area contributed by atoms with Crippen molar-refractivity contribution in [2.75, 3.05) is 26.4 Å². The summed E-state index contributed by atoms with van der Waals surface area (Å²) in [4.78, 5) is 0. The van der Waals surface area contributed by atoms with Crippen molar-refractivity contribution in [1.82, 2.24) is 0 Å². The SMILES string of the molecule is CCOCCCOC=Cc1ccc(OCC)cc1. The highest BCUT2D eigenvalue weighted by atomic mass is 16.5. The minimum atomic E-state index is 0.688.